The van der Waals surface area contributed by atoms with E-state index in [1.54, 1.807) is 11.8 Å². The van der Waals surface area contributed by atoms with Gasteiger partial charge in [0, 0.05) is 37.8 Å². The van der Waals surface area contributed by atoms with Crippen molar-refractivity contribution in [1.29, 1.82) is 0 Å². The fourth-order valence-electron chi connectivity index (χ4n) is 1.85. The van der Waals surface area contributed by atoms with Gasteiger partial charge in [-0.3, -0.25) is 15.0 Å². The number of morpholine rings is 1. The van der Waals surface area contributed by atoms with Crippen LogP contribution in [0.25, 0.3) is 0 Å². The minimum atomic E-state index is 0.00897. The number of carbonyl (C=O) groups is 1. The molecular formula is C10H19N3O2S. The zero-order valence-corrected chi connectivity index (χ0v) is 10.2. The smallest absolute Gasteiger partial charge is 0.238 e. The minimum Gasteiger partial charge on any atom is -0.379 e. The molecule has 2 N–H and O–H groups in total. The van der Waals surface area contributed by atoms with Crippen LogP contribution in [0, 0.1) is 0 Å². The fourth-order valence-corrected chi connectivity index (χ4v) is 2.79. The summed E-state index contributed by atoms with van der Waals surface area (Å²) in [5.74, 6) is 1.92. The maximum absolute atomic E-state index is 11.7. The molecule has 2 fully saturated rings. The van der Waals surface area contributed by atoms with Crippen molar-refractivity contribution in [2.75, 3.05) is 51.0 Å². The molecule has 0 radical (unpaired) electrons. The van der Waals surface area contributed by atoms with Crippen LogP contribution in [0.3, 0.4) is 0 Å². The van der Waals surface area contributed by atoms with E-state index in [1.807, 2.05) is 0 Å². The number of amides is 1. The summed E-state index contributed by atoms with van der Waals surface area (Å²) in [5, 5.41) is 6.14. The van der Waals surface area contributed by atoms with Crippen molar-refractivity contribution in [3.05, 3.63) is 0 Å². The van der Waals surface area contributed by atoms with Crippen LogP contribution in [0.4, 0.5) is 0 Å². The van der Waals surface area contributed by atoms with Crippen molar-refractivity contribution in [2.24, 2.45) is 0 Å². The van der Waals surface area contributed by atoms with Crippen molar-refractivity contribution in [3.8, 4) is 0 Å². The lowest BCUT2D eigenvalue weighted by molar-refractivity contribution is -0.122. The van der Waals surface area contributed by atoms with Gasteiger partial charge in [-0.1, -0.05) is 0 Å². The molecule has 1 amide bonds. The molecule has 2 aliphatic rings. The number of ether oxygens (including phenoxy) is 1. The second-order valence-electron chi connectivity index (χ2n) is 4.02. The van der Waals surface area contributed by atoms with Crippen LogP contribution in [0.1, 0.15) is 0 Å². The van der Waals surface area contributed by atoms with Crippen LogP contribution in [-0.4, -0.2) is 67.9 Å². The first-order valence-corrected chi connectivity index (χ1v) is 6.90. The van der Waals surface area contributed by atoms with Crippen molar-refractivity contribution in [2.45, 2.75) is 6.04 Å². The van der Waals surface area contributed by atoms with Gasteiger partial charge in [0.2, 0.25) is 5.91 Å². The van der Waals surface area contributed by atoms with Gasteiger partial charge < -0.3 is 10.1 Å². The van der Waals surface area contributed by atoms with E-state index in [0.717, 1.165) is 51.0 Å². The minimum absolute atomic E-state index is 0.00897. The lowest BCUT2D eigenvalue weighted by Gasteiger charge is -2.26. The highest BCUT2D eigenvalue weighted by Crippen LogP contribution is 2.09. The standard InChI is InChI=1S/C10H19N3O2S/c14-10(9-7-16-8-12-9)11-1-2-13-3-5-15-6-4-13/h9,12H,1-8H2,(H,11,14). The highest BCUT2D eigenvalue weighted by molar-refractivity contribution is 7.99. The normalized spacial score (nSPS) is 26.9. The van der Waals surface area contributed by atoms with Gasteiger partial charge >= 0.3 is 0 Å². The Hall–Kier alpha value is -0.300. The number of hydrogen-bond acceptors (Lipinski definition) is 5. The van der Waals surface area contributed by atoms with E-state index in [2.05, 4.69) is 15.5 Å². The molecular weight excluding hydrogens is 226 g/mol. The van der Waals surface area contributed by atoms with Crippen molar-refractivity contribution < 1.29 is 9.53 Å². The summed E-state index contributed by atoms with van der Waals surface area (Å²) >= 11 is 1.77. The van der Waals surface area contributed by atoms with E-state index >= 15 is 0 Å². The molecule has 0 aromatic rings. The van der Waals surface area contributed by atoms with Crippen LogP contribution in [-0.2, 0) is 9.53 Å². The number of rotatable bonds is 4. The molecule has 2 heterocycles. The maximum atomic E-state index is 11.7. The van der Waals surface area contributed by atoms with Gasteiger partial charge in [-0.05, 0) is 0 Å². The Morgan fingerprint density at radius 1 is 1.50 bits per heavy atom. The van der Waals surface area contributed by atoms with E-state index in [-0.39, 0.29) is 11.9 Å². The Morgan fingerprint density at radius 2 is 2.31 bits per heavy atom. The maximum Gasteiger partial charge on any atom is 0.238 e. The quantitative estimate of drug-likeness (QED) is 0.672. The first-order chi connectivity index (χ1) is 7.86. The molecule has 0 aromatic heterocycles. The second kappa shape index (κ2) is 6.44. The molecule has 1 atom stereocenters. The number of nitrogens with one attached hydrogen (secondary N) is 2. The summed E-state index contributed by atoms with van der Waals surface area (Å²) in [6.45, 7) is 5.25. The van der Waals surface area contributed by atoms with E-state index < -0.39 is 0 Å². The Kier molecular flexibility index (Phi) is 4.90. The molecule has 1 unspecified atom stereocenters. The Balaban J connectivity index is 1.57. The molecule has 2 saturated heterocycles. The van der Waals surface area contributed by atoms with Crippen molar-refractivity contribution in [1.82, 2.24) is 15.5 Å². The molecule has 2 aliphatic heterocycles. The summed E-state index contributed by atoms with van der Waals surface area (Å²) < 4.78 is 5.27. The van der Waals surface area contributed by atoms with Crippen LogP contribution in [0.5, 0.6) is 0 Å². The molecule has 0 spiro atoms. The highest BCUT2D eigenvalue weighted by atomic mass is 32.2. The predicted molar refractivity (Wildman–Crippen MR) is 64.5 cm³/mol. The summed E-state index contributed by atoms with van der Waals surface area (Å²) in [4.78, 5) is 14.0. The zero-order chi connectivity index (χ0) is 11.2. The van der Waals surface area contributed by atoms with Gasteiger partial charge in [0.25, 0.3) is 0 Å². The number of nitrogens with zero attached hydrogens (tertiary/aromatic N) is 1. The fraction of sp³-hybridized carbons (Fsp3) is 0.900. The van der Waals surface area contributed by atoms with Crippen LogP contribution < -0.4 is 10.6 Å². The second-order valence-corrected chi connectivity index (χ2v) is 5.05. The Morgan fingerprint density at radius 3 is 3.00 bits per heavy atom. The Labute approximate surface area is 100 Å². The SMILES string of the molecule is O=C(NCCN1CCOCC1)C1CSCN1. The molecule has 0 aromatic carbocycles. The van der Waals surface area contributed by atoms with E-state index in [9.17, 15) is 4.79 Å². The molecule has 2 rings (SSSR count). The van der Waals surface area contributed by atoms with Gasteiger partial charge in [0.15, 0.2) is 0 Å². The van der Waals surface area contributed by atoms with E-state index in [4.69, 9.17) is 4.74 Å². The molecule has 92 valence electrons. The lowest BCUT2D eigenvalue weighted by atomic mass is 10.3. The van der Waals surface area contributed by atoms with Gasteiger partial charge in [-0.2, -0.15) is 0 Å². The van der Waals surface area contributed by atoms with Gasteiger partial charge in [0.1, 0.15) is 0 Å². The van der Waals surface area contributed by atoms with Gasteiger partial charge in [-0.25, -0.2) is 0 Å². The number of carbonyl (C=O) groups excluding carboxylic acids is 1. The topological polar surface area (TPSA) is 53.6 Å². The average Bonchev–Trinajstić information content (AvgIpc) is 2.84. The highest BCUT2D eigenvalue weighted by Gasteiger charge is 2.22. The van der Waals surface area contributed by atoms with Crippen molar-refractivity contribution >= 4 is 17.7 Å². The molecule has 5 nitrogen and oxygen atoms in total. The average molecular weight is 245 g/mol. The molecule has 16 heavy (non-hydrogen) atoms. The predicted octanol–water partition coefficient (Wildman–Crippen LogP) is -0.903. The third-order valence-corrected chi connectivity index (χ3v) is 3.80. The van der Waals surface area contributed by atoms with Crippen LogP contribution >= 0.6 is 11.8 Å². The third-order valence-electron chi connectivity index (χ3n) is 2.86. The summed E-state index contributed by atoms with van der Waals surface area (Å²) in [6, 6.07) is 0.00897. The summed E-state index contributed by atoms with van der Waals surface area (Å²) in [6.07, 6.45) is 0. The molecule has 0 saturated carbocycles. The summed E-state index contributed by atoms with van der Waals surface area (Å²) in [5.41, 5.74) is 0. The van der Waals surface area contributed by atoms with E-state index in [1.165, 1.54) is 0 Å². The number of thioether (sulfide) groups is 1. The molecule has 6 heteroatoms. The van der Waals surface area contributed by atoms with E-state index in [0.29, 0.717) is 0 Å². The lowest BCUT2D eigenvalue weighted by Crippen LogP contribution is -2.46. The van der Waals surface area contributed by atoms with Crippen LogP contribution in [0.15, 0.2) is 0 Å². The van der Waals surface area contributed by atoms with Gasteiger partial charge in [-0.15, -0.1) is 11.8 Å². The summed E-state index contributed by atoms with van der Waals surface area (Å²) in [7, 11) is 0. The zero-order valence-electron chi connectivity index (χ0n) is 9.41. The third kappa shape index (κ3) is 3.62. The Bertz CT molecular complexity index is 228. The number of hydrogen-bond donors (Lipinski definition) is 2. The van der Waals surface area contributed by atoms with Gasteiger partial charge in [0.05, 0.1) is 19.3 Å². The van der Waals surface area contributed by atoms with Crippen molar-refractivity contribution in [3.63, 3.8) is 0 Å². The monoisotopic (exact) mass is 245 g/mol. The first-order valence-electron chi connectivity index (χ1n) is 5.75. The first kappa shape index (κ1) is 12.2. The molecule has 0 aliphatic carbocycles. The van der Waals surface area contributed by atoms with Crippen LogP contribution in [0.2, 0.25) is 0 Å². The molecule has 0 bridgehead atoms. The largest absolute Gasteiger partial charge is 0.379 e.